The quantitative estimate of drug-likeness (QED) is 0.724. The molecule has 2 rings (SSSR count). The zero-order chi connectivity index (χ0) is 20.7. The van der Waals surface area contributed by atoms with Gasteiger partial charge < -0.3 is 20.1 Å². The monoisotopic (exact) mass is 380 g/mol. The van der Waals surface area contributed by atoms with Crippen molar-refractivity contribution >= 4 is 17.5 Å². The van der Waals surface area contributed by atoms with Gasteiger partial charge in [-0.05, 0) is 36.2 Å². The first-order chi connectivity index (χ1) is 13.4. The fourth-order valence-corrected chi connectivity index (χ4v) is 2.60. The minimum absolute atomic E-state index is 0.132. The van der Waals surface area contributed by atoms with Crippen molar-refractivity contribution in [3.05, 3.63) is 53.6 Å². The third kappa shape index (κ3) is 5.27. The molecule has 28 heavy (non-hydrogen) atoms. The molecule has 0 bridgehead atoms. The smallest absolute Gasteiger partial charge is 0.252 e. The second kappa shape index (κ2) is 9.47. The largest absolute Gasteiger partial charge is 0.497 e. The first-order valence-electron chi connectivity index (χ1n) is 8.79. The van der Waals surface area contributed by atoms with E-state index in [0.29, 0.717) is 28.3 Å². The highest BCUT2D eigenvalue weighted by molar-refractivity contribution is 6.01. The van der Waals surface area contributed by atoms with Crippen molar-refractivity contribution in [2.24, 2.45) is 5.92 Å². The maximum atomic E-state index is 12.7. The first-order valence-corrected chi connectivity index (χ1v) is 8.79. The van der Waals surface area contributed by atoms with Crippen LogP contribution in [0.1, 0.15) is 29.8 Å². The van der Waals surface area contributed by atoms with E-state index in [9.17, 15) is 9.59 Å². The minimum atomic E-state index is -0.737. The van der Waals surface area contributed by atoms with Crippen molar-refractivity contribution in [2.45, 2.75) is 19.9 Å². The normalized spacial score (nSPS) is 11.3. The average molecular weight is 380 g/mol. The number of hydrogen-bond acceptors (Lipinski definition) is 4. The molecule has 1 unspecified atom stereocenters. The topological polar surface area (TPSA) is 76.7 Å². The SMILES string of the molecule is C#Cc1cccc(NC(=O)C(NC(=O)c2cc(OC)cc(OC)c2)C(C)C)c1. The summed E-state index contributed by atoms with van der Waals surface area (Å²) in [4.78, 5) is 25.5. The minimum Gasteiger partial charge on any atom is -0.497 e. The van der Waals surface area contributed by atoms with E-state index in [1.165, 1.54) is 14.2 Å². The van der Waals surface area contributed by atoms with Gasteiger partial charge in [0.2, 0.25) is 5.91 Å². The summed E-state index contributed by atoms with van der Waals surface area (Å²) in [6.07, 6.45) is 5.39. The summed E-state index contributed by atoms with van der Waals surface area (Å²) < 4.78 is 10.4. The molecule has 146 valence electrons. The Bertz CT molecular complexity index is 877. The van der Waals surface area contributed by atoms with Crippen LogP contribution in [0.4, 0.5) is 5.69 Å². The summed E-state index contributed by atoms with van der Waals surface area (Å²) >= 11 is 0. The maximum Gasteiger partial charge on any atom is 0.252 e. The van der Waals surface area contributed by atoms with Crippen molar-refractivity contribution < 1.29 is 19.1 Å². The Hall–Kier alpha value is -3.46. The standard InChI is InChI=1S/C22H24N2O4/c1-6-15-8-7-9-17(10-15)23-22(26)20(14(2)3)24-21(25)16-11-18(27-4)13-19(12-16)28-5/h1,7-14,20H,2-5H3,(H,23,26)(H,24,25). The molecule has 6 nitrogen and oxygen atoms in total. The van der Waals surface area contributed by atoms with Gasteiger partial charge in [-0.1, -0.05) is 25.8 Å². The molecule has 0 aliphatic rings. The van der Waals surface area contributed by atoms with Crippen LogP contribution in [0, 0.1) is 18.3 Å². The summed E-state index contributed by atoms with van der Waals surface area (Å²) in [7, 11) is 3.01. The van der Waals surface area contributed by atoms with Crippen LogP contribution in [-0.4, -0.2) is 32.1 Å². The number of amides is 2. The number of methoxy groups -OCH3 is 2. The molecule has 1 atom stereocenters. The molecule has 2 amide bonds. The maximum absolute atomic E-state index is 12.7. The molecule has 0 spiro atoms. The summed E-state index contributed by atoms with van der Waals surface area (Å²) in [5, 5.41) is 5.58. The van der Waals surface area contributed by atoms with Crippen LogP contribution in [0.3, 0.4) is 0 Å². The van der Waals surface area contributed by atoms with Crippen molar-refractivity contribution in [2.75, 3.05) is 19.5 Å². The molecule has 0 saturated heterocycles. The zero-order valence-electron chi connectivity index (χ0n) is 16.4. The first kappa shape index (κ1) is 20.8. The highest BCUT2D eigenvalue weighted by Crippen LogP contribution is 2.23. The molecule has 0 fully saturated rings. The Balaban J connectivity index is 2.19. The van der Waals surface area contributed by atoms with E-state index in [0.717, 1.165) is 0 Å². The molecule has 2 N–H and O–H groups in total. The van der Waals surface area contributed by atoms with Crippen LogP contribution >= 0.6 is 0 Å². The van der Waals surface area contributed by atoms with E-state index in [2.05, 4.69) is 16.6 Å². The van der Waals surface area contributed by atoms with Crippen molar-refractivity contribution in [3.8, 4) is 23.8 Å². The molecule has 0 aromatic heterocycles. The lowest BCUT2D eigenvalue weighted by molar-refractivity contribution is -0.118. The molecule has 0 saturated carbocycles. The molecule has 0 radical (unpaired) electrons. The van der Waals surface area contributed by atoms with Crippen LogP contribution in [-0.2, 0) is 4.79 Å². The van der Waals surface area contributed by atoms with Gasteiger partial charge in [-0.25, -0.2) is 0 Å². The van der Waals surface area contributed by atoms with E-state index in [4.69, 9.17) is 15.9 Å². The van der Waals surface area contributed by atoms with Gasteiger partial charge in [-0.15, -0.1) is 6.42 Å². The van der Waals surface area contributed by atoms with E-state index >= 15 is 0 Å². The molecular weight excluding hydrogens is 356 g/mol. The summed E-state index contributed by atoms with van der Waals surface area (Å²) in [5.74, 6) is 2.64. The fraction of sp³-hybridized carbons (Fsp3) is 0.273. The van der Waals surface area contributed by atoms with E-state index < -0.39 is 11.9 Å². The van der Waals surface area contributed by atoms with Crippen molar-refractivity contribution in [1.82, 2.24) is 5.32 Å². The Morgan fingerprint density at radius 2 is 1.68 bits per heavy atom. The number of benzene rings is 2. The van der Waals surface area contributed by atoms with Crippen LogP contribution in [0.25, 0.3) is 0 Å². The van der Waals surface area contributed by atoms with Crippen molar-refractivity contribution in [3.63, 3.8) is 0 Å². The number of terminal acetylenes is 1. The summed E-state index contributed by atoms with van der Waals surface area (Å²) in [6, 6.07) is 11.1. The van der Waals surface area contributed by atoms with E-state index in [1.54, 1.807) is 42.5 Å². The average Bonchev–Trinajstić information content (AvgIpc) is 2.70. The van der Waals surface area contributed by atoms with Gasteiger partial charge in [0.05, 0.1) is 14.2 Å². The number of hydrogen-bond donors (Lipinski definition) is 2. The summed E-state index contributed by atoms with van der Waals surface area (Å²) in [5.41, 5.74) is 1.57. The van der Waals surface area contributed by atoms with Crippen LogP contribution < -0.4 is 20.1 Å². The highest BCUT2D eigenvalue weighted by Gasteiger charge is 2.25. The molecule has 2 aromatic rings. The number of ether oxygens (including phenoxy) is 2. The van der Waals surface area contributed by atoms with Gasteiger partial charge in [-0.2, -0.15) is 0 Å². The zero-order valence-corrected chi connectivity index (χ0v) is 16.4. The predicted molar refractivity (Wildman–Crippen MR) is 109 cm³/mol. The van der Waals surface area contributed by atoms with E-state index in [-0.39, 0.29) is 11.8 Å². The number of nitrogens with one attached hydrogen (secondary N) is 2. The van der Waals surface area contributed by atoms with Crippen LogP contribution in [0.15, 0.2) is 42.5 Å². The van der Waals surface area contributed by atoms with Gasteiger partial charge in [0.15, 0.2) is 0 Å². The number of carbonyl (C=O) groups is 2. The lowest BCUT2D eigenvalue weighted by Crippen LogP contribution is -2.47. The molecule has 0 heterocycles. The Labute approximate surface area is 165 Å². The second-order valence-electron chi connectivity index (χ2n) is 6.51. The Morgan fingerprint density at radius 1 is 1.04 bits per heavy atom. The number of anilines is 1. The van der Waals surface area contributed by atoms with Gasteiger partial charge in [0.25, 0.3) is 5.91 Å². The third-order valence-electron chi connectivity index (χ3n) is 4.15. The highest BCUT2D eigenvalue weighted by atomic mass is 16.5. The molecular formula is C22H24N2O4. The summed E-state index contributed by atoms with van der Waals surface area (Å²) in [6.45, 7) is 3.71. The lowest BCUT2D eigenvalue weighted by atomic mass is 10.0. The Kier molecular flexibility index (Phi) is 7.05. The molecule has 0 aliphatic heterocycles. The van der Waals surface area contributed by atoms with Gasteiger partial charge >= 0.3 is 0 Å². The Morgan fingerprint density at radius 3 is 2.21 bits per heavy atom. The third-order valence-corrected chi connectivity index (χ3v) is 4.15. The van der Waals surface area contributed by atoms with Gasteiger partial charge in [0.1, 0.15) is 17.5 Å². The van der Waals surface area contributed by atoms with Crippen LogP contribution in [0.2, 0.25) is 0 Å². The predicted octanol–water partition coefficient (Wildman–Crippen LogP) is 3.08. The second-order valence-corrected chi connectivity index (χ2v) is 6.51. The van der Waals surface area contributed by atoms with E-state index in [1.807, 2.05) is 13.8 Å². The van der Waals surface area contributed by atoms with Gasteiger partial charge in [-0.3, -0.25) is 9.59 Å². The lowest BCUT2D eigenvalue weighted by Gasteiger charge is -2.22. The number of rotatable bonds is 7. The molecule has 2 aromatic carbocycles. The van der Waals surface area contributed by atoms with Gasteiger partial charge in [0, 0.05) is 22.9 Å². The van der Waals surface area contributed by atoms with Crippen molar-refractivity contribution in [1.29, 1.82) is 0 Å². The number of carbonyl (C=O) groups excluding carboxylic acids is 2. The van der Waals surface area contributed by atoms with Crippen LogP contribution in [0.5, 0.6) is 11.5 Å². The molecule has 6 heteroatoms. The fourth-order valence-electron chi connectivity index (χ4n) is 2.60. The molecule has 0 aliphatic carbocycles.